The number of hydrogen-bond acceptors (Lipinski definition) is 9. The molecule has 3 aromatic carbocycles. The molecule has 0 radical (unpaired) electrons. The molecule has 2 heterocycles. The van der Waals surface area contributed by atoms with Crippen LogP contribution in [0.2, 0.25) is 0 Å². The number of aromatic amines is 1. The van der Waals surface area contributed by atoms with E-state index in [1.807, 2.05) is 0 Å². The van der Waals surface area contributed by atoms with Gasteiger partial charge in [0.2, 0.25) is 15.6 Å². The van der Waals surface area contributed by atoms with Gasteiger partial charge in [0.1, 0.15) is 5.84 Å². The molecule has 13 nitrogen and oxygen atoms in total. The Bertz CT molecular complexity index is 1690. The van der Waals surface area contributed by atoms with Crippen LogP contribution in [0.1, 0.15) is 23.4 Å². The molecule has 1 aliphatic rings. The number of nitrogens with zero attached hydrogens (tertiary/aromatic N) is 4. The number of carbonyl (C=O) groups is 1. The van der Waals surface area contributed by atoms with Crippen molar-refractivity contribution in [2.45, 2.75) is 23.3 Å². The Balaban J connectivity index is 1.40. The fraction of sp³-hybridized carbons (Fsp3) is 0.120. The molecule has 39 heavy (non-hydrogen) atoms. The highest BCUT2D eigenvalue weighted by molar-refractivity contribution is 7.89. The number of aromatic nitrogens is 4. The summed E-state index contributed by atoms with van der Waals surface area (Å²) in [4.78, 5) is 19.4. The molecule has 1 atom stereocenters. The third-order valence-corrected chi connectivity index (χ3v) is 7.15. The van der Waals surface area contributed by atoms with Gasteiger partial charge in [0, 0.05) is 28.8 Å². The Morgan fingerprint density at radius 1 is 1.08 bits per heavy atom. The number of nitrogen functional groups attached to an aromatic ring is 1. The zero-order valence-corrected chi connectivity index (χ0v) is 21.1. The summed E-state index contributed by atoms with van der Waals surface area (Å²) < 4.78 is 24.0. The van der Waals surface area contributed by atoms with Crippen LogP contribution in [0.15, 0.2) is 82.8 Å². The van der Waals surface area contributed by atoms with E-state index in [0.29, 0.717) is 33.7 Å². The summed E-state index contributed by atoms with van der Waals surface area (Å²) in [5, 5.41) is 33.9. The predicted octanol–water partition coefficient (Wildman–Crippen LogP) is 1.54. The summed E-state index contributed by atoms with van der Waals surface area (Å²) in [5.41, 5.74) is 7.29. The van der Waals surface area contributed by atoms with E-state index in [-0.39, 0.29) is 29.4 Å². The fourth-order valence-electron chi connectivity index (χ4n) is 4.24. The van der Waals surface area contributed by atoms with Gasteiger partial charge in [-0.2, -0.15) is 5.21 Å². The molecule has 1 unspecified atom stereocenters. The predicted molar refractivity (Wildman–Crippen MR) is 142 cm³/mol. The van der Waals surface area contributed by atoms with Crippen LogP contribution in [0.3, 0.4) is 0 Å². The minimum Gasteiger partial charge on any atom is -0.384 e. The van der Waals surface area contributed by atoms with Crippen molar-refractivity contribution in [1.29, 1.82) is 5.41 Å². The molecular weight excluding hydrogens is 522 g/mol. The lowest BCUT2D eigenvalue weighted by Gasteiger charge is -2.24. The molecule has 1 aliphatic heterocycles. The first-order chi connectivity index (χ1) is 18.6. The van der Waals surface area contributed by atoms with Crippen molar-refractivity contribution in [2.75, 3.05) is 5.32 Å². The molecule has 7 N–H and O–H groups in total. The Hall–Kier alpha value is -4.95. The third-order valence-electron chi connectivity index (χ3n) is 6.18. The molecule has 0 spiro atoms. The molecule has 198 valence electrons. The monoisotopic (exact) mass is 545 g/mol. The average molecular weight is 546 g/mol. The van der Waals surface area contributed by atoms with Crippen LogP contribution < -0.4 is 16.2 Å². The molecule has 0 bridgehead atoms. The number of carbonyl (C=O) groups excluding carboxylic acids is 1. The Kier molecular flexibility index (Phi) is 6.64. The number of sulfonamides is 1. The number of anilines is 1. The zero-order valence-electron chi connectivity index (χ0n) is 20.3. The van der Waals surface area contributed by atoms with E-state index < -0.39 is 21.5 Å². The Morgan fingerprint density at radius 2 is 1.85 bits per heavy atom. The molecule has 0 fully saturated rings. The quantitative estimate of drug-likeness (QED) is 0.161. The highest BCUT2D eigenvalue weighted by Gasteiger charge is 2.48. The molecule has 0 saturated carbocycles. The number of oxime groups is 1. The number of nitrogens with two attached hydrogens (primary N) is 2. The van der Waals surface area contributed by atoms with Gasteiger partial charge >= 0.3 is 0 Å². The van der Waals surface area contributed by atoms with Gasteiger partial charge in [0.25, 0.3) is 5.91 Å². The number of tetrazole rings is 1. The molecule has 1 amide bonds. The largest absolute Gasteiger partial charge is 0.384 e. The first-order valence-corrected chi connectivity index (χ1v) is 13.2. The van der Waals surface area contributed by atoms with Gasteiger partial charge in [-0.05, 0) is 29.8 Å². The van der Waals surface area contributed by atoms with Crippen LogP contribution in [-0.2, 0) is 26.1 Å². The number of amidine groups is 1. The van der Waals surface area contributed by atoms with Crippen LogP contribution in [-0.4, -0.2) is 52.1 Å². The van der Waals surface area contributed by atoms with Gasteiger partial charge in [-0.25, -0.2) is 13.6 Å². The van der Waals surface area contributed by atoms with E-state index in [0.717, 1.165) is 0 Å². The fourth-order valence-corrected chi connectivity index (χ4v) is 5.00. The van der Waals surface area contributed by atoms with Crippen molar-refractivity contribution in [3.8, 4) is 11.1 Å². The number of rotatable bonds is 8. The average Bonchev–Trinajstić information content (AvgIpc) is 3.60. The van der Waals surface area contributed by atoms with Crippen LogP contribution >= 0.6 is 0 Å². The zero-order chi connectivity index (χ0) is 27.6. The first kappa shape index (κ1) is 25.7. The third kappa shape index (κ3) is 5.37. The lowest BCUT2D eigenvalue weighted by atomic mass is 9.89. The number of benzene rings is 3. The van der Waals surface area contributed by atoms with E-state index in [1.165, 1.54) is 6.07 Å². The molecule has 0 aliphatic carbocycles. The lowest BCUT2D eigenvalue weighted by Crippen LogP contribution is -2.45. The van der Waals surface area contributed by atoms with Crippen molar-refractivity contribution >= 4 is 33.2 Å². The molecule has 5 rings (SSSR count). The summed E-state index contributed by atoms with van der Waals surface area (Å²) in [6.07, 6.45) is 0.0725. The van der Waals surface area contributed by atoms with Crippen molar-refractivity contribution < 1.29 is 18.0 Å². The number of primary sulfonamides is 1. The van der Waals surface area contributed by atoms with Crippen molar-refractivity contribution in [3.63, 3.8) is 0 Å². The standard InChI is InChI=1S/C25H23N9O4S/c26-23(27)17-5-3-4-16(12-17)20-13-25(38-32-20,14-22-30-33-34-31-22)24(35)29-18-10-8-15(9-11-18)19-6-1-2-7-21(19)39(28,36)37/h1-12H,13-14H2,(H3,26,27)(H,29,35)(H2,28,36,37)(H,30,31,33,34). The molecular formula is C25H23N9O4S. The number of H-pyrrole nitrogens is 1. The first-order valence-electron chi connectivity index (χ1n) is 11.6. The number of hydrogen-bond donors (Lipinski definition) is 5. The maximum atomic E-state index is 13.6. The molecule has 14 heteroatoms. The highest BCUT2D eigenvalue weighted by atomic mass is 32.2. The van der Waals surface area contributed by atoms with Gasteiger partial charge in [-0.15, -0.1) is 10.2 Å². The van der Waals surface area contributed by atoms with Crippen LogP contribution in [0.25, 0.3) is 11.1 Å². The maximum Gasteiger partial charge on any atom is 0.272 e. The van der Waals surface area contributed by atoms with E-state index in [2.05, 4.69) is 31.1 Å². The van der Waals surface area contributed by atoms with Gasteiger partial charge in [0.15, 0.2) is 5.82 Å². The van der Waals surface area contributed by atoms with E-state index >= 15 is 0 Å². The second-order valence-corrected chi connectivity index (χ2v) is 10.4. The lowest BCUT2D eigenvalue weighted by molar-refractivity contribution is -0.138. The summed E-state index contributed by atoms with van der Waals surface area (Å²) in [6, 6.07) is 20.0. The van der Waals surface area contributed by atoms with Gasteiger partial charge in [-0.1, -0.05) is 58.9 Å². The second kappa shape index (κ2) is 10.1. The molecule has 1 aromatic heterocycles. The van der Waals surface area contributed by atoms with Crippen molar-refractivity contribution in [1.82, 2.24) is 20.6 Å². The van der Waals surface area contributed by atoms with E-state index in [9.17, 15) is 13.2 Å². The summed E-state index contributed by atoms with van der Waals surface area (Å²) in [7, 11) is -3.93. The summed E-state index contributed by atoms with van der Waals surface area (Å²) >= 11 is 0. The van der Waals surface area contributed by atoms with Gasteiger partial charge < -0.3 is 15.9 Å². The normalized spacial score (nSPS) is 16.8. The number of amides is 1. The van der Waals surface area contributed by atoms with Crippen molar-refractivity contribution in [3.05, 3.63) is 89.7 Å². The van der Waals surface area contributed by atoms with Gasteiger partial charge in [0.05, 0.1) is 17.0 Å². The summed E-state index contributed by atoms with van der Waals surface area (Å²) in [6.45, 7) is 0. The smallest absolute Gasteiger partial charge is 0.272 e. The van der Waals surface area contributed by atoms with Crippen LogP contribution in [0, 0.1) is 5.41 Å². The topological polar surface area (TPSA) is 215 Å². The minimum absolute atomic E-state index is 0.00118. The van der Waals surface area contributed by atoms with Gasteiger partial charge in [-0.3, -0.25) is 10.2 Å². The second-order valence-electron chi connectivity index (χ2n) is 8.87. The van der Waals surface area contributed by atoms with Crippen LogP contribution in [0.4, 0.5) is 5.69 Å². The van der Waals surface area contributed by atoms with Crippen molar-refractivity contribution in [2.24, 2.45) is 16.0 Å². The van der Waals surface area contributed by atoms with E-state index in [4.69, 9.17) is 21.1 Å². The maximum absolute atomic E-state index is 13.6. The Morgan fingerprint density at radius 3 is 2.54 bits per heavy atom. The SMILES string of the molecule is N=C(N)c1cccc(C2=NOC(Cc3nn[nH]n3)(C(=O)Nc3ccc(-c4ccccc4S(N)(=O)=O)cc3)C2)c1. The van der Waals surface area contributed by atoms with E-state index in [1.54, 1.807) is 66.7 Å². The minimum atomic E-state index is -3.93. The molecule has 4 aromatic rings. The molecule has 0 saturated heterocycles. The Labute approximate surface area is 222 Å². The summed E-state index contributed by atoms with van der Waals surface area (Å²) in [5.74, 6) is -0.331. The van der Waals surface area contributed by atoms with Crippen LogP contribution in [0.5, 0.6) is 0 Å². The number of nitrogens with one attached hydrogen (secondary N) is 3. The highest BCUT2D eigenvalue weighted by Crippen LogP contribution is 2.32.